The van der Waals surface area contributed by atoms with Crippen molar-refractivity contribution in [1.29, 1.82) is 0 Å². The summed E-state index contributed by atoms with van der Waals surface area (Å²) in [4.78, 5) is 14.9. The third-order valence-corrected chi connectivity index (χ3v) is 3.78. The molecule has 0 saturated carbocycles. The second kappa shape index (κ2) is 6.17. The summed E-state index contributed by atoms with van der Waals surface area (Å²) in [7, 11) is 3.47. The van der Waals surface area contributed by atoms with Gasteiger partial charge in [0, 0.05) is 19.6 Å². The number of methoxy groups -OCH3 is 1. The predicted molar refractivity (Wildman–Crippen MR) is 70.4 cm³/mol. The van der Waals surface area contributed by atoms with E-state index in [9.17, 15) is 4.79 Å². The standard InChI is InChI=1S/C12H18N2O3S/c1-13-7-9-8-14(4-5-17-9)12(15)11-10(16-2)3-6-18-11/h3,6,9,13H,4-5,7-8H2,1-2H3. The van der Waals surface area contributed by atoms with Crippen LogP contribution in [0.3, 0.4) is 0 Å². The van der Waals surface area contributed by atoms with Crippen molar-refractivity contribution in [2.45, 2.75) is 6.10 Å². The molecule has 1 aromatic heterocycles. The zero-order valence-electron chi connectivity index (χ0n) is 10.6. The first kappa shape index (κ1) is 13.3. The molecule has 0 bridgehead atoms. The largest absolute Gasteiger partial charge is 0.495 e. The Kier molecular flexibility index (Phi) is 4.57. The molecule has 6 heteroatoms. The summed E-state index contributed by atoms with van der Waals surface area (Å²) in [6, 6.07) is 1.82. The summed E-state index contributed by atoms with van der Waals surface area (Å²) in [5.41, 5.74) is 0. The number of hydrogen-bond acceptors (Lipinski definition) is 5. The van der Waals surface area contributed by atoms with Crippen molar-refractivity contribution in [2.75, 3.05) is 40.4 Å². The van der Waals surface area contributed by atoms with Gasteiger partial charge in [0.05, 0.1) is 19.8 Å². The molecule has 0 aromatic carbocycles. The van der Waals surface area contributed by atoms with Crippen LogP contribution in [0.1, 0.15) is 9.67 Å². The number of hydrogen-bond donors (Lipinski definition) is 1. The molecule has 0 aliphatic carbocycles. The van der Waals surface area contributed by atoms with Gasteiger partial charge in [0.25, 0.3) is 5.91 Å². The number of carbonyl (C=O) groups excluding carboxylic acids is 1. The highest BCUT2D eigenvalue weighted by molar-refractivity contribution is 7.12. The Morgan fingerprint density at radius 3 is 3.28 bits per heavy atom. The van der Waals surface area contributed by atoms with Gasteiger partial charge in [-0.25, -0.2) is 0 Å². The molecule has 1 aliphatic rings. The fourth-order valence-corrected chi connectivity index (χ4v) is 2.84. The number of nitrogens with zero attached hydrogens (tertiary/aromatic N) is 1. The lowest BCUT2D eigenvalue weighted by Gasteiger charge is -2.32. The zero-order chi connectivity index (χ0) is 13.0. The molecule has 18 heavy (non-hydrogen) atoms. The summed E-state index contributed by atoms with van der Waals surface area (Å²) in [5.74, 6) is 0.688. The summed E-state index contributed by atoms with van der Waals surface area (Å²) < 4.78 is 10.8. The second-order valence-electron chi connectivity index (χ2n) is 4.12. The van der Waals surface area contributed by atoms with Crippen molar-refractivity contribution in [3.05, 3.63) is 16.3 Å². The Balaban J connectivity index is 2.04. The van der Waals surface area contributed by atoms with Crippen LogP contribution in [0.15, 0.2) is 11.4 Å². The van der Waals surface area contributed by atoms with E-state index in [1.807, 2.05) is 23.4 Å². The summed E-state index contributed by atoms with van der Waals surface area (Å²) >= 11 is 1.42. The highest BCUT2D eigenvalue weighted by Gasteiger charge is 2.27. The van der Waals surface area contributed by atoms with Gasteiger partial charge < -0.3 is 19.7 Å². The third-order valence-electron chi connectivity index (χ3n) is 2.90. The Bertz CT molecular complexity index is 406. The van der Waals surface area contributed by atoms with Crippen molar-refractivity contribution in [3.63, 3.8) is 0 Å². The SMILES string of the molecule is CNCC1CN(C(=O)c2sccc2OC)CCO1. The van der Waals surface area contributed by atoms with Gasteiger partial charge in [-0.05, 0) is 18.5 Å². The average Bonchev–Trinajstić information content (AvgIpc) is 2.87. The first-order valence-corrected chi connectivity index (χ1v) is 6.81. The summed E-state index contributed by atoms with van der Waals surface area (Å²) in [5, 5.41) is 4.94. The fraction of sp³-hybridized carbons (Fsp3) is 0.583. The molecule has 1 aliphatic heterocycles. The van der Waals surface area contributed by atoms with E-state index >= 15 is 0 Å². The van der Waals surface area contributed by atoms with Crippen molar-refractivity contribution in [3.8, 4) is 5.75 Å². The number of rotatable bonds is 4. The third kappa shape index (κ3) is 2.82. The molecule has 2 heterocycles. The molecule has 0 spiro atoms. The fourth-order valence-electron chi connectivity index (χ4n) is 2.01. The minimum Gasteiger partial charge on any atom is -0.495 e. The average molecular weight is 270 g/mol. The normalized spacial score (nSPS) is 19.9. The number of morpholine rings is 1. The van der Waals surface area contributed by atoms with Crippen LogP contribution in [0.25, 0.3) is 0 Å². The zero-order valence-corrected chi connectivity index (χ0v) is 11.5. The van der Waals surface area contributed by atoms with E-state index in [1.54, 1.807) is 7.11 Å². The number of amides is 1. The van der Waals surface area contributed by atoms with E-state index in [-0.39, 0.29) is 12.0 Å². The smallest absolute Gasteiger partial charge is 0.267 e. The molecule has 2 rings (SSSR count). The Labute approximate surface area is 111 Å². The quantitative estimate of drug-likeness (QED) is 0.880. The molecular formula is C12H18N2O3S. The molecule has 1 aromatic rings. The number of carbonyl (C=O) groups is 1. The number of nitrogens with one attached hydrogen (secondary N) is 1. The van der Waals surface area contributed by atoms with Gasteiger partial charge in [-0.2, -0.15) is 0 Å². The minimum absolute atomic E-state index is 0.0336. The molecule has 1 amide bonds. The first-order valence-electron chi connectivity index (χ1n) is 5.93. The van der Waals surface area contributed by atoms with Crippen molar-refractivity contribution in [1.82, 2.24) is 10.2 Å². The van der Waals surface area contributed by atoms with Crippen molar-refractivity contribution >= 4 is 17.2 Å². The predicted octanol–water partition coefficient (Wildman–Crippen LogP) is 0.817. The maximum atomic E-state index is 12.4. The second-order valence-corrected chi connectivity index (χ2v) is 5.04. The van der Waals surface area contributed by atoms with Gasteiger partial charge in [0.15, 0.2) is 0 Å². The molecule has 5 nitrogen and oxygen atoms in total. The summed E-state index contributed by atoms with van der Waals surface area (Å²) in [6.07, 6.45) is 0.0682. The van der Waals surface area contributed by atoms with Gasteiger partial charge in [-0.15, -0.1) is 11.3 Å². The van der Waals surface area contributed by atoms with Crippen LogP contribution in [0.4, 0.5) is 0 Å². The lowest BCUT2D eigenvalue weighted by Crippen LogP contribution is -2.48. The monoisotopic (exact) mass is 270 g/mol. The molecular weight excluding hydrogens is 252 g/mol. The maximum Gasteiger partial charge on any atom is 0.267 e. The van der Waals surface area contributed by atoms with Crippen molar-refractivity contribution in [2.24, 2.45) is 0 Å². The topological polar surface area (TPSA) is 50.8 Å². The number of thiophene rings is 1. The molecule has 1 atom stereocenters. The molecule has 100 valence electrons. The highest BCUT2D eigenvalue weighted by atomic mass is 32.1. The number of ether oxygens (including phenoxy) is 2. The number of likely N-dealkylation sites (N-methyl/N-ethyl adjacent to an activating group) is 1. The van der Waals surface area contributed by atoms with E-state index in [4.69, 9.17) is 9.47 Å². The first-order chi connectivity index (χ1) is 8.76. The van der Waals surface area contributed by atoms with Crippen LogP contribution in [0.2, 0.25) is 0 Å². The van der Waals surface area contributed by atoms with E-state index < -0.39 is 0 Å². The van der Waals surface area contributed by atoms with Crippen LogP contribution in [-0.2, 0) is 4.74 Å². The minimum atomic E-state index is 0.0336. The van der Waals surface area contributed by atoms with E-state index in [1.165, 1.54) is 11.3 Å². The van der Waals surface area contributed by atoms with E-state index in [2.05, 4.69) is 5.32 Å². The van der Waals surface area contributed by atoms with Crippen molar-refractivity contribution < 1.29 is 14.3 Å². The highest BCUT2D eigenvalue weighted by Crippen LogP contribution is 2.26. The van der Waals surface area contributed by atoms with Crippen LogP contribution in [-0.4, -0.2) is 57.3 Å². The lowest BCUT2D eigenvalue weighted by molar-refractivity contribution is -0.0195. The molecule has 1 fully saturated rings. The van der Waals surface area contributed by atoms with Crippen LogP contribution in [0.5, 0.6) is 5.75 Å². The van der Waals surface area contributed by atoms with Gasteiger partial charge in [0.2, 0.25) is 0 Å². The van der Waals surface area contributed by atoms with Gasteiger partial charge in [0.1, 0.15) is 10.6 Å². The van der Waals surface area contributed by atoms with Crippen LogP contribution < -0.4 is 10.1 Å². The molecule has 1 saturated heterocycles. The Hall–Kier alpha value is -1.11. The Morgan fingerprint density at radius 2 is 2.56 bits per heavy atom. The maximum absolute atomic E-state index is 12.4. The van der Waals surface area contributed by atoms with E-state index in [0.29, 0.717) is 30.3 Å². The van der Waals surface area contributed by atoms with Crippen LogP contribution in [0, 0.1) is 0 Å². The van der Waals surface area contributed by atoms with Gasteiger partial charge >= 0.3 is 0 Å². The lowest BCUT2D eigenvalue weighted by atomic mass is 10.2. The van der Waals surface area contributed by atoms with Gasteiger partial charge in [-0.3, -0.25) is 4.79 Å². The molecule has 0 radical (unpaired) electrons. The Morgan fingerprint density at radius 1 is 1.72 bits per heavy atom. The van der Waals surface area contributed by atoms with Gasteiger partial charge in [-0.1, -0.05) is 0 Å². The van der Waals surface area contributed by atoms with E-state index in [0.717, 1.165) is 6.54 Å². The summed E-state index contributed by atoms with van der Waals surface area (Å²) in [6.45, 7) is 2.61. The molecule has 1 unspecified atom stereocenters. The molecule has 1 N–H and O–H groups in total. The van der Waals surface area contributed by atoms with Crippen LogP contribution >= 0.6 is 11.3 Å².